The Morgan fingerprint density at radius 3 is 2.49 bits per heavy atom. The molecule has 5 aromatic heterocycles. The van der Waals surface area contributed by atoms with E-state index in [2.05, 4.69) is 56.2 Å². The minimum Gasteiger partial charge on any atom is -0.353 e. The first-order valence-corrected chi connectivity index (χ1v) is 13.3. The number of nitrogens with zero attached hydrogens (tertiary/aromatic N) is 10. The minimum absolute atomic E-state index is 0.482. The van der Waals surface area contributed by atoms with Crippen LogP contribution in [0, 0.1) is 11.3 Å². The predicted octanol–water partition coefficient (Wildman–Crippen LogP) is 3.48. The quantitative estimate of drug-likeness (QED) is 0.338. The van der Waals surface area contributed by atoms with Gasteiger partial charge < -0.3 is 4.90 Å². The number of nitriles is 1. The molecule has 3 aliphatic heterocycles. The monoisotopic (exact) mass is 516 g/mol. The summed E-state index contributed by atoms with van der Waals surface area (Å²) >= 11 is 0. The summed E-state index contributed by atoms with van der Waals surface area (Å²) in [5.41, 5.74) is 6.72. The second-order valence-electron chi connectivity index (χ2n) is 10.4. The van der Waals surface area contributed by atoms with Crippen molar-refractivity contribution < 1.29 is 0 Å². The maximum atomic E-state index is 9.69. The number of hydrogen-bond donors (Lipinski definition) is 0. The summed E-state index contributed by atoms with van der Waals surface area (Å²) in [7, 11) is 1.87. The summed E-state index contributed by atoms with van der Waals surface area (Å²) < 4.78 is 3.46. The van der Waals surface area contributed by atoms with Crippen molar-refractivity contribution in [3.05, 3.63) is 78.3 Å². The molecule has 2 atom stereocenters. The van der Waals surface area contributed by atoms with Crippen LogP contribution in [-0.4, -0.2) is 64.4 Å². The molecule has 0 N–H and O–H groups in total. The van der Waals surface area contributed by atoms with Gasteiger partial charge in [-0.2, -0.15) is 15.5 Å². The number of rotatable bonds is 6. The van der Waals surface area contributed by atoms with Gasteiger partial charge in [-0.1, -0.05) is 13.0 Å². The Morgan fingerprint density at radius 1 is 0.949 bits per heavy atom. The molecule has 0 aromatic carbocycles. The topological polar surface area (TPSA) is 104 Å². The zero-order valence-corrected chi connectivity index (χ0v) is 21.9. The predicted molar refractivity (Wildman–Crippen MR) is 147 cm³/mol. The van der Waals surface area contributed by atoms with Crippen LogP contribution in [0.3, 0.4) is 0 Å². The molecule has 10 nitrogen and oxygen atoms in total. The van der Waals surface area contributed by atoms with Crippen molar-refractivity contribution in [1.82, 2.24) is 39.2 Å². The molecule has 8 rings (SSSR count). The Hall–Kier alpha value is -4.62. The van der Waals surface area contributed by atoms with E-state index in [9.17, 15) is 5.26 Å². The van der Waals surface area contributed by atoms with Gasteiger partial charge in [0.15, 0.2) is 0 Å². The smallest absolute Gasteiger partial charge is 0.128 e. The van der Waals surface area contributed by atoms with E-state index < -0.39 is 0 Å². The Balaban J connectivity index is 1.12. The molecule has 0 radical (unpaired) electrons. The lowest BCUT2D eigenvalue weighted by Gasteiger charge is -2.56. The van der Waals surface area contributed by atoms with E-state index in [0.29, 0.717) is 28.9 Å². The van der Waals surface area contributed by atoms with Gasteiger partial charge in [0.25, 0.3) is 0 Å². The van der Waals surface area contributed by atoms with Gasteiger partial charge in [0.1, 0.15) is 23.0 Å². The molecule has 3 saturated heterocycles. The molecule has 8 heterocycles. The second kappa shape index (κ2) is 9.29. The summed E-state index contributed by atoms with van der Waals surface area (Å²) in [5.74, 6) is 0.968. The van der Waals surface area contributed by atoms with E-state index in [1.807, 2.05) is 37.9 Å². The third kappa shape index (κ3) is 4.11. The summed E-state index contributed by atoms with van der Waals surface area (Å²) in [6.45, 7) is 5.01. The van der Waals surface area contributed by atoms with Crippen LogP contribution in [-0.2, 0) is 20.0 Å². The number of aryl methyl sites for hydroxylation is 2. The fourth-order valence-corrected chi connectivity index (χ4v) is 5.80. The lowest BCUT2D eigenvalue weighted by atomic mass is 9.87. The largest absolute Gasteiger partial charge is 0.353 e. The number of piperidine rings is 1. The molecule has 39 heavy (non-hydrogen) atoms. The molecular formula is C29H28N10. The van der Waals surface area contributed by atoms with E-state index in [1.54, 1.807) is 21.6 Å². The molecule has 10 heteroatoms. The second-order valence-corrected chi connectivity index (χ2v) is 10.4. The number of fused-ring (bicyclic) bond motifs is 3. The summed E-state index contributed by atoms with van der Waals surface area (Å²) in [6, 6.07) is 11.8. The van der Waals surface area contributed by atoms with Crippen molar-refractivity contribution >= 4 is 11.3 Å². The van der Waals surface area contributed by atoms with Crippen LogP contribution in [0.25, 0.3) is 28.0 Å². The van der Waals surface area contributed by atoms with Crippen molar-refractivity contribution in [2.45, 2.75) is 38.4 Å². The fourth-order valence-electron chi connectivity index (χ4n) is 5.80. The van der Waals surface area contributed by atoms with Crippen molar-refractivity contribution in [3.8, 4) is 28.6 Å². The van der Waals surface area contributed by atoms with Gasteiger partial charge in [0.2, 0.25) is 0 Å². The molecule has 3 aliphatic rings. The molecule has 0 aliphatic carbocycles. The zero-order valence-electron chi connectivity index (χ0n) is 21.9. The minimum atomic E-state index is 0.482. The standard InChI is InChI=1S/C29H28N10/c1-3-23-6-4-19(10-31-23)14-38-24-8-25(38)17-37(16-24)27-7-5-20(11-32-27)28-29-21(9-30)12-34-39(29)18-26(35-28)22-13-33-36(2)15-22/h4-7,10-13,15,18,24-25H,3,8,14,16-17H2,1-2H3. The van der Waals surface area contributed by atoms with Crippen molar-refractivity contribution in [2.24, 2.45) is 7.05 Å². The highest BCUT2D eigenvalue weighted by Crippen LogP contribution is 2.36. The normalized spacial score (nSPS) is 18.7. The Labute approximate surface area is 226 Å². The molecule has 2 bridgehead atoms. The van der Waals surface area contributed by atoms with Gasteiger partial charge in [0, 0.05) is 74.2 Å². The molecule has 3 fully saturated rings. The van der Waals surface area contributed by atoms with Gasteiger partial charge in [-0.05, 0) is 36.6 Å². The Kier molecular flexibility index (Phi) is 5.60. The Bertz CT molecular complexity index is 1680. The highest BCUT2D eigenvalue weighted by Gasteiger charge is 2.44. The lowest BCUT2D eigenvalue weighted by molar-refractivity contribution is -0.00875. The van der Waals surface area contributed by atoms with E-state index >= 15 is 0 Å². The number of pyridine rings is 2. The van der Waals surface area contributed by atoms with Gasteiger partial charge in [0.05, 0.1) is 30.0 Å². The van der Waals surface area contributed by atoms with Crippen LogP contribution in [0.4, 0.5) is 5.82 Å². The fraction of sp³-hybridized carbons (Fsp3) is 0.310. The van der Waals surface area contributed by atoms with E-state index in [0.717, 1.165) is 54.4 Å². The van der Waals surface area contributed by atoms with E-state index in [-0.39, 0.29) is 0 Å². The first kappa shape index (κ1) is 23.5. The average Bonchev–Trinajstić information content (AvgIpc) is 3.62. The SMILES string of the molecule is CCc1ccc(CN2C3CC2CN(c2ccc(-c4nc(-c5cnn(C)c5)cn5ncc(C#N)c45)cn2)C3)cn1. The third-order valence-electron chi connectivity index (χ3n) is 7.92. The van der Waals surface area contributed by atoms with Crippen molar-refractivity contribution in [1.29, 1.82) is 5.26 Å². The highest BCUT2D eigenvalue weighted by atomic mass is 15.4. The van der Waals surface area contributed by atoms with Crippen LogP contribution in [0.1, 0.15) is 30.2 Å². The van der Waals surface area contributed by atoms with E-state index in [4.69, 9.17) is 9.97 Å². The van der Waals surface area contributed by atoms with Crippen LogP contribution in [0.2, 0.25) is 0 Å². The lowest BCUT2D eigenvalue weighted by Crippen LogP contribution is -2.68. The van der Waals surface area contributed by atoms with Gasteiger partial charge in [-0.3, -0.25) is 14.6 Å². The maximum Gasteiger partial charge on any atom is 0.128 e. The molecule has 194 valence electrons. The summed E-state index contributed by atoms with van der Waals surface area (Å²) in [4.78, 5) is 19.3. The van der Waals surface area contributed by atoms with E-state index in [1.165, 1.54) is 12.0 Å². The first-order valence-electron chi connectivity index (χ1n) is 13.3. The van der Waals surface area contributed by atoms with Gasteiger partial charge >= 0.3 is 0 Å². The van der Waals surface area contributed by atoms with Crippen LogP contribution >= 0.6 is 0 Å². The number of piperazine rings is 1. The third-order valence-corrected chi connectivity index (χ3v) is 7.92. The van der Waals surface area contributed by atoms with Crippen molar-refractivity contribution in [3.63, 3.8) is 0 Å². The molecule has 0 saturated carbocycles. The molecule has 2 unspecified atom stereocenters. The van der Waals surface area contributed by atoms with Gasteiger partial charge in [-0.25, -0.2) is 14.5 Å². The summed E-state index contributed by atoms with van der Waals surface area (Å²) in [5, 5.41) is 18.4. The highest BCUT2D eigenvalue weighted by molar-refractivity contribution is 5.83. The van der Waals surface area contributed by atoms with Crippen LogP contribution in [0.5, 0.6) is 0 Å². The number of hydrogen-bond acceptors (Lipinski definition) is 8. The zero-order chi connectivity index (χ0) is 26.5. The molecule has 0 spiro atoms. The molecule has 0 amide bonds. The number of anilines is 1. The van der Waals surface area contributed by atoms with Crippen molar-refractivity contribution in [2.75, 3.05) is 18.0 Å². The molecular weight excluding hydrogens is 488 g/mol. The van der Waals surface area contributed by atoms with Crippen LogP contribution < -0.4 is 4.90 Å². The molecule has 5 aromatic rings. The maximum absolute atomic E-state index is 9.69. The first-order chi connectivity index (χ1) is 19.1. The van der Waals surface area contributed by atoms with Crippen LogP contribution in [0.15, 0.2) is 61.4 Å². The average molecular weight is 517 g/mol. The van der Waals surface area contributed by atoms with Gasteiger partial charge in [-0.15, -0.1) is 0 Å². The Morgan fingerprint density at radius 2 is 1.82 bits per heavy atom. The summed E-state index contributed by atoms with van der Waals surface area (Å²) in [6.07, 6.45) is 13.2. The number of aromatic nitrogens is 7.